The second-order valence-corrected chi connectivity index (χ2v) is 13.9. The van der Waals surface area contributed by atoms with Crippen LogP contribution in [0.2, 0.25) is 0 Å². The first-order valence-electron chi connectivity index (χ1n) is 13.9. The number of amides is 2. The van der Waals surface area contributed by atoms with Gasteiger partial charge in [-0.2, -0.15) is 4.31 Å². The summed E-state index contributed by atoms with van der Waals surface area (Å²) in [5.74, 6) is 0.0791. The maximum Gasteiger partial charge on any atom is 0.250 e. The molecule has 9 heteroatoms. The number of para-hydroxylation sites is 1. The van der Waals surface area contributed by atoms with Crippen molar-refractivity contribution in [3.8, 4) is 0 Å². The molecule has 2 fully saturated rings. The summed E-state index contributed by atoms with van der Waals surface area (Å²) in [5.41, 5.74) is 1.01. The number of carbonyl (C=O) groups is 2. The highest BCUT2D eigenvalue weighted by atomic mass is 32.2. The van der Waals surface area contributed by atoms with Gasteiger partial charge in [-0.05, 0) is 54.0 Å². The summed E-state index contributed by atoms with van der Waals surface area (Å²) in [5, 5.41) is 2.95. The van der Waals surface area contributed by atoms with Crippen molar-refractivity contribution in [2.75, 3.05) is 37.7 Å². The Morgan fingerprint density at radius 3 is 2.21 bits per heavy atom. The number of hydrogen-bond acceptors (Lipinski definition) is 5. The van der Waals surface area contributed by atoms with Crippen molar-refractivity contribution < 1.29 is 18.0 Å². The zero-order valence-corrected chi connectivity index (χ0v) is 24.6. The smallest absolute Gasteiger partial charge is 0.250 e. The molecule has 2 saturated heterocycles. The highest BCUT2D eigenvalue weighted by molar-refractivity contribution is 7.89. The van der Waals surface area contributed by atoms with Crippen LogP contribution in [0.5, 0.6) is 0 Å². The molecule has 0 saturated carbocycles. The Labute approximate surface area is 233 Å². The Balaban J connectivity index is 1.53. The molecule has 0 aromatic heterocycles. The van der Waals surface area contributed by atoms with Crippen molar-refractivity contribution in [1.82, 2.24) is 14.5 Å². The van der Waals surface area contributed by atoms with Gasteiger partial charge in [-0.25, -0.2) is 8.42 Å². The van der Waals surface area contributed by atoms with Crippen molar-refractivity contribution in [2.45, 2.75) is 69.7 Å². The first-order chi connectivity index (χ1) is 18.4. The topological polar surface area (TPSA) is 90.0 Å². The fraction of sp³-hybridized carbons (Fsp3) is 0.533. The zero-order chi connectivity index (χ0) is 28.4. The van der Waals surface area contributed by atoms with Crippen LogP contribution in [0.15, 0.2) is 59.5 Å². The lowest BCUT2D eigenvalue weighted by Gasteiger charge is -2.42. The third-order valence-electron chi connectivity index (χ3n) is 8.17. The molecule has 0 aliphatic carbocycles. The average molecular weight is 555 g/mol. The largest absolute Gasteiger partial charge is 0.354 e. The van der Waals surface area contributed by atoms with Gasteiger partial charge in [-0.15, -0.1) is 0 Å². The number of nitrogens with zero attached hydrogens (tertiary/aromatic N) is 3. The van der Waals surface area contributed by atoms with Gasteiger partial charge < -0.3 is 15.1 Å². The summed E-state index contributed by atoms with van der Waals surface area (Å²) >= 11 is 0. The molecule has 8 nitrogen and oxygen atoms in total. The van der Waals surface area contributed by atoms with Crippen molar-refractivity contribution in [2.24, 2.45) is 5.92 Å². The summed E-state index contributed by atoms with van der Waals surface area (Å²) < 4.78 is 28.5. The highest BCUT2D eigenvalue weighted by Gasteiger charge is 2.55. The molecule has 2 aliphatic rings. The van der Waals surface area contributed by atoms with E-state index in [2.05, 4.69) is 44.8 Å². The van der Waals surface area contributed by atoms with Gasteiger partial charge >= 0.3 is 0 Å². The second-order valence-electron chi connectivity index (χ2n) is 11.9. The third kappa shape index (κ3) is 5.99. The lowest BCUT2D eigenvalue weighted by molar-refractivity contribution is -0.137. The first kappa shape index (κ1) is 29.1. The van der Waals surface area contributed by atoms with E-state index in [1.807, 2.05) is 42.5 Å². The van der Waals surface area contributed by atoms with Crippen LogP contribution in [0.25, 0.3) is 0 Å². The molecule has 212 valence electrons. The number of hydrogen-bond donors (Lipinski definition) is 1. The van der Waals surface area contributed by atoms with Crippen LogP contribution in [-0.4, -0.2) is 67.8 Å². The molecule has 2 heterocycles. The number of rotatable bonds is 8. The van der Waals surface area contributed by atoms with Crippen molar-refractivity contribution in [3.63, 3.8) is 0 Å². The summed E-state index contributed by atoms with van der Waals surface area (Å²) in [6.07, 6.45) is 1.67. The van der Waals surface area contributed by atoms with Gasteiger partial charge in [-0.3, -0.25) is 9.59 Å². The van der Waals surface area contributed by atoms with Gasteiger partial charge in [0.05, 0.1) is 11.6 Å². The second kappa shape index (κ2) is 11.3. The van der Waals surface area contributed by atoms with Gasteiger partial charge in [0.2, 0.25) is 21.8 Å². The fourth-order valence-corrected chi connectivity index (χ4v) is 6.80. The van der Waals surface area contributed by atoms with E-state index in [9.17, 15) is 18.0 Å². The van der Waals surface area contributed by atoms with Crippen LogP contribution in [0.1, 0.15) is 59.4 Å². The van der Waals surface area contributed by atoms with Crippen molar-refractivity contribution in [1.29, 1.82) is 0 Å². The molecule has 1 unspecified atom stereocenters. The van der Waals surface area contributed by atoms with Gasteiger partial charge in [-0.1, -0.05) is 71.4 Å². The molecule has 0 radical (unpaired) electrons. The molecule has 2 aromatic rings. The van der Waals surface area contributed by atoms with Gasteiger partial charge in [0.1, 0.15) is 12.1 Å². The number of benzene rings is 2. The maximum atomic E-state index is 13.9. The lowest BCUT2D eigenvalue weighted by atomic mass is 9.86. The predicted octanol–water partition coefficient (Wildman–Crippen LogP) is 3.98. The summed E-state index contributed by atoms with van der Waals surface area (Å²) in [4.78, 5) is 30.5. The van der Waals surface area contributed by atoms with Gasteiger partial charge in [0.15, 0.2) is 0 Å². The van der Waals surface area contributed by atoms with Gasteiger partial charge in [0, 0.05) is 25.3 Å². The molecule has 1 atom stereocenters. The van der Waals surface area contributed by atoms with Crippen LogP contribution in [-0.2, 0) is 25.0 Å². The molecule has 1 spiro atoms. The molecular formula is C30H42N4O4S. The first-order valence-corrected chi connectivity index (χ1v) is 15.3. The number of sulfonamides is 1. The van der Waals surface area contributed by atoms with Crippen LogP contribution >= 0.6 is 0 Å². The van der Waals surface area contributed by atoms with E-state index in [0.717, 1.165) is 17.7 Å². The summed E-state index contributed by atoms with van der Waals surface area (Å²) in [6.45, 7) is 11.8. The van der Waals surface area contributed by atoms with E-state index in [-0.39, 0.29) is 41.8 Å². The van der Waals surface area contributed by atoms with Gasteiger partial charge in [0.25, 0.3) is 0 Å². The number of nitrogens with one attached hydrogen (secondary N) is 1. The quantitative estimate of drug-likeness (QED) is 0.533. The highest BCUT2D eigenvalue weighted by Crippen LogP contribution is 2.40. The van der Waals surface area contributed by atoms with Crippen molar-refractivity contribution in [3.05, 3.63) is 60.2 Å². The zero-order valence-electron chi connectivity index (χ0n) is 23.8. The lowest BCUT2D eigenvalue weighted by Crippen LogP contribution is -2.57. The minimum atomic E-state index is -3.69. The SMILES string of the molecule is CCC(C)CNC(=O)CN1CN(c2ccccc2)C2(CCN(S(=O)(=O)c3ccc(C(C)(C)C)cc3)CC2)C1=O. The summed E-state index contributed by atoms with van der Waals surface area (Å²) in [7, 11) is -3.69. The monoisotopic (exact) mass is 554 g/mol. The van der Waals surface area contributed by atoms with E-state index in [4.69, 9.17) is 0 Å². The third-order valence-corrected chi connectivity index (χ3v) is 10.1. The molecule has 1 N–H and O–H groups in total. The van der Waals surface area contributed by atoms with Crippen LogP contribution in [0.4, 0.5) is 5.69 Å². The number of piperidine rings is 1. The molecule has 4 rings (SSSR count). The number of carbonyl (C=O) groups excluding carboxylic acids is 2. The average Bonchev–Trinajstić information content (AvgIpc) is 3.18. The molecular weight excluding hydrogens is 512 g/mol. The normalized spacial score (nSPS) is 18.9. The molecule has 0 bridgehead atoms. The molecule has 2 aromatic carbocycles. The van der Waals surface area contributed by atoms with Crippen LogP contribution < -0.4 is 10.2 Å². The minimum Gasteiger partial charge on any atom is -0.354 e. The van der Waals surface area contributed by atoms with Crippen molar-refractivity contribution >= 4 is 27.5 Å². The Kier molecular flexibility index (Phi) is 8.42. The van der Waals surface area contributed by atoms with E-state index < -0.39 is 15.6 Å². The minimum absolute atomic E-state index is 0.0114. The van der Waals surface area contributed by atoms with E-state index in [1.165, 1.54) is 4.31 Å². The number of anilines is 1. The van der Waals surface area contributed by atoms with E-state index in [0.29, 0.717) is 32.0 Å². The predicted molar refractivity (Wildman–Crippen MR) is 154 cm³/mol. The van der Waals surface area contributed by atoms with E-state index >= 15 is 0 Å². The van der Waals surface area contributed by atoms with E-state index in [1.54, 1.807) is 17.0 Å². The molecule has 2 aliphatic heterocycles. The Morgan fingerprint density at radius 2 is 1.64 bits per heavy atom. The fourth-order valence-electron chi connectivity index (χ4n) is 5.36. The van der Waals surface area contributed by atoms with Crippen LogP contribution in [0.3, 0.4) is 0 Å². The molecule has 2 amide bonds. The summed E-state index contributed by atoms with van der Waals surface area (Å²) in [6, 6.07) is 16.8. The Bertz CT molecular complexity index is 1260. The molecule has 39 heavy (non-hydrogen) atoms. The standard InChI is InChI=1S/C30H42N4O4S/c1-6-23(2)20-31-27(35)21-32-22-34(25-10-8-7-9-11-25)30(28(32)36)16-18-33(19-17-30)39(37,38)26-14-12-24(13-15-26)29(3,4)5/h7-15,23H,6,16-22H2,1-5H3,(H,31,35). The van der Waals surface area contributed by atoms with Crippen LogP contribution in [0, 0.1) is 5.92 Å². The Morgan fingerprint density at radius 1 is 1.03 bits per heavy atom. The Hall–Kier alpha value is -2.91. The maximum absolute atomic E-state index is 13.9.